The minimum absolute atomic E-state index is 0.00133. The Morgan fingerprint density at radius 1 is 1.40 bits per heavy atom. The van der Waals surface area contributed by atoms with Gasteiger partial charge in [-0.3, -0.25) is 19.7 Å². The van der Waals surface area contributed by atoms with Crippen LogP contribution < -0.4 is 20.4 Å². The lowest BCUT2D eigenvalue weighted by Crippen LogP contribution is -2.30. The van der Waals surface area contributed by atoms with E-state index in [1.54, 1.807) is 4.57 Å². The molecule has 2 aliphatic rings. The third kappa shape index (κ3) is 3.41. The number of carbonyl (C=O) groups is 1. The largest absolute Gasteiger partial charge is 0.492 e. The van der Waals surface area contributed by atoms with Crippen LogP contribution in [-0.4, -0.2) is 55.1 Å². The summed E-state index contributed by atoms with van der Waals surface area (Å²) in [6.07, 6.45) is 3.89. The number of methoxy groups -OCH3 is 1. The van der Waals surface area contributed by atoms with Gasteiger partial charge in [-0.1, -0.05) is 0 Å². The summed E-state index contributed by atoms with van der Waals surface area (Å²) >= 11 is 0. The van der Waals surface area contributed by atoms with Crippen molar-refractivity contribution in [3.8, 4) is 5.75 Å². The standard InChI is InChI=1S/C20H23FN4O5/c1-22-11-5-6-23(8-11)18-15(21)7-13-17(20(18)30-2)24(12-3-4-12)9-14(19(13)27)16(26)10-25(28)29/h7,9,11-12,22H,3-6,8,10H2,1-2H3/t11-/m1/s1. The van der Waals surface area contributed by atoms with Crippen LogP contribution in [0.5, 0.6) is 5.75 Å². The van der Waals surface area contributed by atoms with Gasteiger partial charge in [-0.25, -0.2) is 4.39 Å². The number of ether oxygens (including phenoxy) is 1. The number of Topliss-reactive ketones (excluding diaryl/α,β-unsaturated/α-hetero) is 1. The summed E-state index contributed by atoms with van der Waals surface area (Å²) in [5.74, 6) is -1.25. The van der Waals surface area contributed by atoms with Gasteiger partial charge in [-0.2, -0.15) is 0 Å². The molecule has 10 heteroatoms. The van der Waals surface area contributed by atoms with Gasteiger partial charge in [0.2, 0.25) is 11.2 Å². The number of anilines is 1. The molecule has 0 radical (unpaired) electrons. The maximum absolute atomic E-state index is 15.2. The second kappa shape index (κ2) is 7.67. The summed E-state index contributed by atoms with van der Waals surface area (Å²) in [5.41, 5.74) is -0.295. The smallest absolute Gasteiger partial charge is 0.266 e. The highest BCUT2D eigenvalue weighted by Gasteiger charge is 2.33. The molecule has 1 N–H and O–H groups in total. The van der Waals surface area contributed by atoms with Gasteiger partial charge in [0.15, 0.2) is 11.6 Å². The van der Waals surface area contributed by atoms with Gasteiger partial charge in [0.1, 0.15) is 5.69 Å². The SMILES string of the molecule is CN[C@@H]1CCN(c2c(F)cc3c(=O)c(C(=O)C[N+](=O)[O-])cn(C4CC4)c3c2OC)C1. The summed E-state index contributed by atoms with van der Waals surface area (Å²) in [5, 5.41) is 14.0. The molecule has 2 aromatic rings. The topological polar surface area (TPSA) is 107 Å². The van der Waals surface area contributed by atoms with Crippen molar-refractivity contribution < 1.29 is 18.8 Å². The number of likely N-dealkylation sites (N-methyl/N-ethyl adjacent to an activating group) is 1. The Morgan fingerprint density at radius 2 is 2.13 bits per heavy atom. The van der Waals surface area contributed by atoms with Crippen molar-refractivity contribution in [2.45, 2.75) is 31.3 Å². The number of hydrogen-bond donors (Lipinski definition) is 1. The Labute approximate surface area is 171 Å². The van der Waals surface area contributed by atoms with Crippen LogP contribution >= 0.6 is 0 Å². The quantitative estimate of drug-likeness (QED) is 0.415. The van der Waals surface area contributed by atoms with Crippen LogP contribution in [0.4, 0.5) is 10.1 Å². The summed E-state index contributed by atoms with van der Waals surface area (Å²) in [7, 11) is 3.28. The molecule has 0 unspecified atom stereocenters. The third-order valence-electron chi connectivity index (χ3n) is 5.83. The number of rotatable bonds is 7. The molecule has 1 atom stereocenters. The normalized spacial score (nSPS) is 18.8. The van der Waals surface area contributed by atoms with Crippen LogP contribution in [0.25, 0.3) is 10.9 Å². The van der Waals surface area contributed by atoms with E-state index in [0.29, 0.717) is 24.3 Å². The van der Waals surface area contributed by atoms with Crippen molar-refractivity contribution in [1.82, 2.24) is 9.88 Å². The van der Waals surface area contributed by atoms with E-state index in [-0.39, 0.29) is 28.8 Å². The first-order valence-corrected chi connectivity index (χ1v) is 9.88. The minimum atomic E-state index is -0.984. The number of ketones is 1. The molecule has 2 heterocycles. The van der Waals surface area contributed by atoms with Crippen LogP contribution in [0.1, 0.15) is 35.7 Å². The molecule has 4 rings (SSSR count). The molecule has 1 saturated carbocycles. The summed E-state index contributed by atoms with van der Waals surface area (Å²) < 4.78 is 22.6. The lowest BCUT2D eigenvalue weighted by atomic mass is 10.1. The monoisotopic (exact) mass is 418 g/mol. The van der Waals surface area contributed by atoms with E-state index in [2.05, 4.69) is 5.32 Å². The average Bonchev–Trinajstić information content (AvgIpc) is 3.44. The number of halogens is 1. The lowest BCUT2D eigenvalue weighted by Gasteiger charge is -2.24. The van der Waals surface area contributed by atoms with Crippen molar-refractivity contribution in [2.24, 2.45) is 0 Å². The number of hydrogen-bond acceptors (Lipinski definition) is 7. The highest BCUT2D eigenvalue weighted by molar-refractivity contribution is 6.01. The number of fused-ring (bicyclic) bond motifs is 1. The predicted octanol–water partition coefficient (Wildman–Crippen LogP) is 1.74. The van der Waals surface area contributed by atoms with Crippen LogP contribution in [-0.2, 0) is 0 Å². The number of aromatic nitrogens is 1. The second-order valence-corrected chi connectivity index (χ2v) is 7.78. The Morgan fingerprint density at radius 3 is 2.70 bits per heavy atom. The minimum Gasteiger partial charge on any atom is -0.492 e. The van der Waals surface area contributed by atoms with E-state index in [4.69, 9.17) is 4.74 Å². The Hall–Kier alpha value is -3.01. The van der Waals surface area contributed by atoms with Gasteiger partial charge in [0.25, 0.3) is 6.54 Å². The molecule has 0 amide bonds. The molecule has 2 fully saturated rings. The van der Waals surface area contributed by atoms with E-state index in [9.17, 15) is 19.7 Å². The highest BCUT2D eigenvalue weighted by Crippen LogP contribution is 2.44. The molecule has 30 heavy (non-hydrogen) atoms. The molecule has 1 aliphatic carbocycles. The molecular formula is C20H23FN4O5. The molecule has 0 bridgehead atoms. The second-order valence-electron chi connectivity index (χ2n) is 7.78. The van der Waals surface area contributed by atoms with Gasteiger partial charge in [-0.15, -0.1) is 0 Å². The maximum atomic E-state index is 15.2. The van der Waals surface area contributed by atoms with Crippen molar-refractivity contribution in [2.75, 3.05) is 38.7 Å². The van der Waals surface area contributed by atoms with Gasteiger partial charge in [0.05, 0.1) is 23.6 Å². The van der Waals surface area contributed by atoms with E-state index >= 15 is 4.39 Å². The van der Waals surface area contributed by atoms with E-state index in [1.165, 1.54) is 13.3 Å². The molecule has 1 aromatic carbocycles. The Bertz CT molecular complexity index is 1100. The number of carbonyl (C=O) groups excluding carboxylic acids is 1. The van der Waals surface area contributed by atoms with Crippen molar-refractivity contribution in [1.29, 1.82) is 0 Å². The lowest BCUT2D eigenvalue weighted by molar-refractivity contribution is -0.465. The molecule has 9 nitrogen and oxygen atoms in total. The fourth-order valence-corrected chi connectivity index (χ4v) is 4.17. The average molecular weight is 418 g/mol. The van der Waals surface area contributed by atoms with Crippen molar-refractivity contribution in [3.63, 3.8) is 0 Å². The summed E-state index contributed by atoms with van der Waals surface area (Å²) in [4.78, 5) is 37.2. The zero-order valence-electron chi connectivity index (χ0n) is 16.8. The van der Waals surface area contributed by atoms with Gasteiger partial charge in [0, 0.05) is 36.3 Å². The molecule has 1 aromatic heterocycles. The molecule has 0 spiro atoms. The zero-order valence-corrected chi connectivity index (χ0v) is 16.8. The van der Waals surface area contributed by atoms with Crippen LogP contribution in [0.2, 0.25) is 0 Å². The molecular weight excluding hydrogens is 395 g/mol. The van der Waals surface area contributed by atoms with E-state index in [1.807, 2.05) is 11.9 Å². The van der Waals surface area contributed by atoms with E-state index in [0.717, 1.165) is 25.3 Å². The van der Waals surface area contributed by atoms with Gasteiger partial charge in [-0.05, 0) is 32.4 Å². The molecule has 1 aliphatic heterocycles. The van der Waals surface area contributed by atoms with Gasteiger partial charge >= 0.3 is 0 Å². The first-order valence-electron chi connectivity index (χ1n) is 9.88. The molecule has 1 saturated heterocycles. The zero-order chi connectivity index (χ0) is 21.6. The van der Waals surface area contributed by atoms with Crippen molar-refractivity contribution >= 4 is 22.4 Å². The predicted molar refractivity (Wildman–Crippen MR) is 109 cm³/mol. The first kappa shape index (κ1) is 20.3. The van der Waals surface area contributed by atoms with Crippen LogP contribution in [0.15, 0.2) is 17.1 Å². The fourth-order valence-electron chi connectivity index (χ4n) is 4.17. The summed E-state index contributed by atoms with van der Waals surface area (Å²) in [6.45, 7) is 0.252. The fraction of sp³-hybridized carbons (Fsp3) is 0.500. The molecule has 160 valence electrons. The Balaban J connectivity index is 1.95. The van der Waals surface area contributed by atoms with Crippen molar-refractivity contribution in [3.05, 3.63) is 44.0 Å². The highest BCUT2D eigenvalue weighted by atomic mass is 19.1. The van der Waals surface area contributed by atoms with Crippen LogP contribution in [0, 0.1) is 15.9 Å². The van der Waals surface area contributed by atoms with Crippen LogP contribution in [0.3, 0.4) is 0 Å². The van der Waals surface area contributed by atoms with E-state index < -0.39 is 28.5 Å². The first-order chi connectivity index (χ1) is 14.3. The third-order valence-corrected chi connectivity index (χ3v) is 5.83. The number of nitrogens with zero attached hydrogens (tertiary/aromatic N) is 3. The number of nitro groups is 1. The number of benzene rings is 1. The summed E-state index contributed by atoms with van der Waals surface area (Å²) in [6, 6.07) is 1.38. The van der Waals surface area contributed by atoms with Gasteiger partial charge < -0.3 is 19.5 Å². The Kier molecular flexibility index (Phi) is 5.19. The number of pyridine rings is 1. The maximum Gasteiger partial charge on any atom is 0.266 e. The number of nitrogens with one attached hydrogen (secondary N) is 1.